The van der Waals surface area contributed by atoms with Crippen LogP contribution in [0.4, 0.5) is 4.39 Å². The average Bonchev–Trinajstić information content (AvgIpc) is 2.73. The zero-order valence-electron chi connectivity index (χ0n) is 10.3. The van der Waals surface area contributed by atoms with Gasteiger partial charge in [-0.3, -0.25) is 4.68 Å². The highest BCUT2D eigenvalue weighted by atomic mass is 79.9. The number of halogens is 2. The number of rotatable bonds is 4. The lowest BCUT2D eigenvalue weighted by atomic mass is 10.0. The maximum atomic E-state index is 13.9. The number of aryl methyl sites for hydroxylation is 1. The van der Waals surface area contributed by atoms with Crippen molar-refractivity contribution in [2.45, 2.75) is 12.5 Å². The quantitative estimate of drug-likeness (QED) is 0.941. The Bertz CT molecular complexity index is 519. The first-order valence-electron chi connectivity index (χ1n) is 5.71. The van der Waals surface area contributed by atoms with Crippen LogP contribution in [-0.2, 0) is 13.5 Å². The molecule has 2 aromatic rings. The fourth-order valence-corrected chi connectivity index (χ4v) is 2.59. The highest BCUT2D eigenvalue weighted by Crippen LogP contribution is 2.28. The first-order chi connectivity index (χ1) is 8.61. The normalized spacial score (nSPS) is 12.7. The summed E-state index contributed by atoms with van der Waals surface area (Å²) in [6, 6.07) is 6.86. The lowest BCUT2D eigenvalue weighted by molar-refractivity contribution is 0.525. The number of benzene rings is 1. The third kappa shape index (κ3) is 2.79. The fourth-order valence-electron chi connectivity index (χ4n) is 1.97. The van der Waals surface area contributed by atoms with Gasteiger partial charge in [0.15, 0.2) is 0 Å². The van der Waals surface area contributed by atoms with Crippen LogP contribution in [0.15, 0.2) is 34.9 Å². The maximum absolute atomic E-state index is 13.9. The van der Waals surface area contributed by atoms with E-state index < -0.39 is 0 Å². The van der Waals surface area contributed by atoms with Crippen LogP contribution in [-0.4, -0.2) is 16.8 Å². The van der Waals surface area contributed by atoms with Crippen LogP contribution in [0.3, 0.4) is 0 Å². The van der Waals surface area contributed by atoms with Crippen molar-refractivity contribution in [2.75, 3.05) is 7.05 Å². The molecule has 0 saturated carbocycles. The highest BCUT2D eigenvalue weighted by molar-refractivity contribution is 9.10. The Morgan fingerprint density at radius 2 is 2.22 bits per heavy atom. The zero-order valence-corrected chi connectivity index (χ0v) is 11.9. The number of aromatic nitrogens is 2. The Balaban J connectivity index is 2.28. The number of likely N-dealkylation sites (N-methyl/N-ethyl adjacent to an activating group) is 1. The van der Waals surface area contributed by atoms with E-state index in [-0.39, 0.29) is 11.9 Å². The predicted molar refractivity (Wildman–Crippen MR) is 72.8 cm³/mol. The van der Waals surface area contributed by atoms with Crippen molar-refractivity contribution in [1.29, 1.82) is 0 Å². The van der Waals surface area contributed by atoms with Gasteiger partial charge in [-0.2, -0.15) is 5.10 Å². The molecule has 2 rings (SSSR count). The van der Waals surface area contributed by atoms with Crippen molar-refractivity contribution >= 4 is 15.9 Å². The molecule has 0 spiro atoms. The number of nitrogens with zero attached hydrogens (tertiary/aromatic N) is 2. The van der Waals surface area contributed by atoms with Crippen LogP contribution in [0.1, 0.15) is 17.3 Å². The molecule has 0 fully saturated rings. The summed E-state index contributed by atoms with van der Waals surface area (Å²) in [5.41, 5.74) is 1.58. The zero-order chi connectivity index (χ0) is 13.1. The lowest BCUT2D eigenvalue weighted by Gasteiger charge is -2.17. The van der Waals surface area contributed by atoms with Gasteiger partial charge in [-0.1, -0.05) is 22.0 Å². The SMILES string of the molecule is CNC(Cc1ccn(C)n1)c1c(F)cccc1Br. The van der Waals surface area contributed by atoms with E-state index in [0.29, 0.717) is 12.0 Å². The van der Waals surface area contributed by atoms with Gasteiger partial charge in [0.25, 0.3) is 0 Å². The second kappa shape index (κ2) is 5.63. The summed E-state index contributed by atoms with van der Waals surface area (Å²) in [5, 5.41) is 7.46. The minimum absolute atomic E-state index is 0.101. The molecule has 1 N–H and O–H groups in total. The van der Waals surface area contributed by atoms with E-state index in [1.807, 2.05) is 32.4 Å². The van der Waals surface area contributed by atoms with Crippen molar-refractivity contribution in [3.05, 3.63) is 52.0 Å². The van der Waals surface area contributed by atoms with Crippen LogP contribution < -0.4 is 5.32 Å². The number of nitrogens with one attached hydrogen (secondary N) is 1. The van der Waals surface area contributed by atoms with Gasteiger partial charge in [-0.15, -0.1) is 0 Å². The van der Waals surface area contributed by atoms with Crippen LogP contribution in [0.5, 0.6) is 0 Å². The van der Waals surface area contributed by atoms with E-state index in [4.69, 9.17) is 0 Å². The van der Waals surface area contributed by atoms with Gasteiger partial charge in [0, 0.05) is 35.7 Å². The second-order valence-corrected chi connectivity index (χ2v) is 5.02. The van der Waals surface area contributed by atoms with E-state index in [1.54, 1.807) is 10.7 Å². The molecular weight excluding hydrogens is 297 g/mol. The van der Waals surface area contributed by atoms with E-state index in [2.05, 4.69) is 26.3 Å². The van der Waals surface area contributed by atoms with Gasteiger partial charge < -0.3 is 5.32 Å². The summed E-state index contributed by atoms with van der Waals surface area (Å²) in [5.74, 6) is -0.209. The summed E-state index contributed by atoms with van der Waals surface area (Å²) >= 11 is 3.40. The van der Waals surface area contributed by atoms with Crippen LogP contribution in [0, 0.1) is 5.82 Å². The molecule has 5 heteroatoms. The van der Waals surface area contributed by atoms with Crippen molar-refractivity contribution in [1.82, 2.24) is 15.1 Å². The topological polar surface area (TPSA) is 29.9 Å². The maximum Gasteiger partial charge on any atom is 0.129 e. The average molecular weight is 312 g/mol. The highest BCUT2D eigenvalue weighted by Gasteiger charge is 2.18. The molecule has 0 radical (unpaired) electrons. The van der Waals surface area contributed by atoms with E-state index in [1.165, 1.54) is 6.07 Å². The number of hydrogen-bond acceptors (Lipinski definition) is 2. The molecule has 1 aromatic carbocycles. The second-order valence-electron chi connectivity index (χ2n) is 4.16. The summed E-state index contributed by atoms with van der Waals surface area (Å²) in [6.07, 6.45) is 2.54. The van der Waals surface area contributed by atoms with E-state index >= 15 is 0 Å². The Morgan fingerprint density at radius 1 is 1.44 bits per heavy atom. The molecule has 1 unspecified atom stereocenters. The van der Waals surface area contributed by atoms with Crippen molar-refractivity contribution in [2.24, 2.45) is 7.05 Å². The molecule has 3 nitrogen and oxygen atoms in total. The molecule has 1 aromatic heterocycles. The molecule has 0 saturated heterocycles. The van der Waals surface area contributed by atoms with Crippen molar-refractivity contribution in [3.8, 4) is 0 Å². The van der Waals surface area contributed by atoms with E-state index in [9.17, 15) is 4.39 Å². The lowest BCUT2D eigenvalue weighted by Crippen LogP contribution is -2.21. The monoisotopic (exact) mass is 311 g/mol. The van der Waals surface area contributed by atoms with Gasteiger partial charge in [0.1, 0.15) is 5.82 Å². The minimum atomic E-state index is -0.209. The molecule has 0 amide bonds. The van der Waals surface area contributed by atoms with Crippen LogP contribution in [0.25, 0.3) is 0 Å². The molecule has 0 aliphatic carbocycles. The first-order valence-corrected chi connectivity index (χ1v) is 6.51. The number of hydrogen-bond donors (Lipinski definition) is 1. The van der Waals surface area contributed by atoms with Crippen molar-refractivity contribution < 1.29 is 4.39 Å². The largest absolute Gasteiger partial charge is 0.313 e. The summed E-state index contributed by atoms with van der Waals surface area (Å²) in [4.78, 5) is 0. The Hall–Kier alpha value is -1.20. The molecule has 96 valence electrons. The fraction of sp³-hybridized carbons (Fsp3) is 0.308. The smallest absolute Gasteiger partial charge is 0.129 e. The predicted octanol–water partition coefficient (Wildman–Crippen LogP) is 2.82. The molecule has 1 atom stereocenters. The van der Waals surface area contributed by atoms with Crippen molar-refractivity contribution in [3.63, 3.8) is 0 Å². The Morgan fingerprint density at radius 3 is 2.78 bits per heavy atom. The van der Waals surface area contributed by atoms with Crippen LogP contribution >= 0.6 is 15.9 Å². The molecular formula is C13H15BrFN3. The molecule has 0 aliphatic rings. The molecule has 0 bridgehead atoms. The summed E-state index contributed by atoms with van der Waals surface area (Å²) < 4.78 is 16.4. The van der Waals surface area contributed by atoms with Gasteiger partial charge in [0.05, 0.1) is 5.69 Å². The van der Waals surface area contributed by atoms with Crippen LogP contribution in [0.2, 0.25) is 0 Å². The van der Waals surface area contributed by atoms with Gasteiger partial charge in [0.2, 0.25) is 0 Å². The van der Waals surface area contributed by atoms with Gasteiger partial charge in [-0.05, 0) is 25.2 Å². The van der Waals surface area contributed by atoms with Gasteiger partial charge in [-0.25, -0.2) is 4.39 Å². The van der Waals surface area contributed by atoms with Gasteiger partial charge >= 0.3 is 0 Å². The van der Waals surface area contributed by atoms with E-state index in [0.717, 1.165) is 10.2 Å². The molecule has 18 heavy (non-hydrogen) atoms. The Labute approximate surface area is 114 Å². The first kappa shape index (κ1) is 13.2. The summed E-state index contributed by atoms with van der Waals surface area (Å²) in [7, 11) is 3.70. The third-order valence-electron chi connectivity index (χ3n) is 2.88. The minimum Gasteiger partial charge on any atom is -0.313 e. The Kier molecular flexibility index (Phi) is 4.14. The summed E-state index contributed by atoms with van der Waals surface area (Å²) in [6.45, 7) is 0. The standard InChI is InChI=1S/C13H15BrFN3/c1-16-12(8-9-6-7-18(2)17-9)13-10(14)4-3-5-11(13)15/h3-7,12,16H,8H2,1-2H3. The molecule has 0 aliphatic heterocycles. The molecule has 1 heterocycles. The third-order valence-corrected chi connectivity index (χ3v) is 3.57.